The van der Waals surface area contributed by atoms with E-state index in [-0.39, 0.29) is 23.0 Å². The van der Waals surface area contributed by atoms with Gasteiger partial charge in [-0.1, -0.05) is 0 Å². The van der Waals surface area contributed by atoms with Crippen molar-refractivity contribution in [3.05, 3.63) is 70.2 Å². The lowest BCUT2D eigenvalue weighted by atomic mass is 10.1. The van der Waals surface area contributed by atoms with Gasteiger partial charge < -0.3 is 15.8 Å². The van der Waals surface area contributed by atoms with Crippen molar-refractivity contribution in [3.8, 4) is 23.8 Å². The van der Waals surface area contributed by atoms with E-state index < -0.39 is 11.7 Å². The molecule has 148 valence electrons. The van der Waals surface area contributed by atoms with Gasteiger partial charge in [0, 0.05) is 11.9 Å². The first kappa shape index (κ1) is 20.2. The Bertz CT molecular complexity index is 1220. The molecular formula is C21H15FN6O2. The van der Waals surface area contributed by atoms with E-state index in [1.807, 2.05) is 0 Å². The number of primary amides is 1. The van der Waals surface area contributed by atoms with Crippen LogP contribution in [0.25, 0.3) is 0 Å². The fourth-order valence-corrected chi connectivity index (χ4v) is 2.76. The normalized spacial score (nSPS) is 10.0. The molecule has 9 heteroatoms. The summed E-state index contributed by atoms with van der Waals surface area (Å²) in [5, 5.41) is 20.7. The maximum absolute atomic E-state index is 13.8. The fraction of sp³-hybridized carbons (Fsp3) is 0.0952. The largest absolute Gasteiger partial charge is 0.437 e. The van der Waals surface area contributed by atoms with Gasteiger partial charge in [-0.2, -0.15) is 15.5 Å². The lowest BCUT2D eigenvalue weighted by Gasteiger charge is -2.14. The molecule has 0 atom stereocenters. The predicted molar refractivity (Wildman–Crippen MR) is 106 cm³/mol. The predicted octanol–water partition coefficient (Wildman–Crippen LogP) is 3.61. The first-order valence-electron chi connectivity index (χ1n) is 8.65. The van der Waals surface area contributed by atoms with E-state index in [1.165, 1.54) is 18.3 Å². The third-order valence-corrected chi connectivity index (χ3v) is 4.15. The lowest BCUT2D eigenvalue weighted by molar-refractivity contribution is 0.0997. The Morgan fingerprint density at radius 1 is 1.17 bits per heavy atom. The van der Waals surface area contributed by atoms with Crippen molar-refractivity contribution < 1.29 is 13.9 Å². The van der Waals surface area contributed by atoms with Gasteiger partial charge in [-0.25, -0.2) is 9.37 Å². The number of nitriles is 2. The molecular weight excluding hydrogens is 387 g/mol. The van der Waals surface area contributed by atoms with Crippen molar-refractivity contribution in [2.24, 2.45) is 5.73 Å². The highest BCUT2D eigenvalue weighted by Crippen LogP contribution is 2.31. The van der Waals surface area contributed by atoms with Crippen LogP contribution in [0.3, 0.4) is 0 Å². The second-order valence-electron chi connectivity index (χ2n) is 6.36. The number of nitrogens with two attached hydrogens (primary N) is 1. The van der Waals surface area contributed by atoms with Gasteiger partial charge in [0.05, 0.1) is 17.2 Å². The summed E-state index contributed by atoms with van der Waals surface area (Å²) in [4.78, 5) is 20.0. The van der Waals surface area contributed by atoms with E-state index >= 15 is 0 Å². The minimum Gasteiger partial charge on any atom is -0.437 e. The van der Waals surface area contributed by atoms with Crippen LogP contribution in [-0.2, 0) is 0 Å². The van der Waals surface area contributed by atoms with Crippen LogP contribution in [-0.4, -0.2) is 15.9 Å². The minimum atomic E-state index is -0.787. The third-order valence-electron chi connectivity index (χ3n) is 4.15. The number of carbonyl (C=O) groups is 1. The van der Waals surface area contributed by atoms with E-state index in [0.29, 0.717) is 28.1 Å². The SMILES string of the molecule is Cc1cc(C#N)cc(C)c1Oc1nc(Nc2ccc(C#N)c(F)c2)ncc1C(N)=O. The summed E-state index contributed by atoms with van der Waals surface area (Å²) < 4.78 is 19.7. The maximum atomic E-state index is 13.8. The monoisotopic (exact) mass is 402 g/mol. The van der Waals surface area contributed by atoms with E-state index in [2.05, 4.69) is 21.4 Å². The van der Waals surface area contributed by atoms with Crippen molar-refractivity contribution in [1.29, 1.82) is 10.5 Å². The van der Waals surface area contributed by atoms with Crippen molar-refractivity contribution in [2.75, 3.05) is 5.32 Å². The Labute approximate surface area is 171 Å². The Balaban J connectivity index is 1.98. The van der Waals surface area contributed by atoms with Gasteiger partial charge in [-0.05, 0) is 55.3 Å². The molecule has 0 aliphatic heterocycles. The van der Waals surface area contributed by atoms with Crippen molar-refractivity contribution in [1.82, 2.24) is 9.97 Å². The first-order chi connectivity index (χ1) is 14.3. The number of rotatable bonds is 5. The number of hydrogen-bond acceptors (Lipinski definition) is 7. The zero-order valence-corrected chi connectivity index (χ0v) is 16.0. The van der Waals surface area contributed by atoms with Gasteiger partial charge >= 0.3 is 0 Å². The number of aryl methyl sites for hydroxylation is 2. The molecule has 0 radical (unpaired) electrons. The molecule has 3 aromatic rings. The highest BCUT2D eigenvalue weighted by molar-refractivity contribution is 5.95. The molecule has 1 amide bonds. The molecule has 2 aromatic carbocycles. The van der Waals surface area contributed by atoms with Crippen LogP contribution in [0.15, 0.2) is 36.5 Å². The number of halogens is 1. The van der Waals surface area contributed by atoms with Crippen LogP contribution in [0.5, 0.6) is 11.6 Å². The van der Waals surface area contributed by atoms with Crippen molar-refractivity contribution in [2.45, 2.75) is 13.8 Å². The topological polar surface area (TPSA) is 138 Å². The molecule has 3 N–H and O–H groups in total. The van der Waals surface area contributed by atoms with Crippen molar-refractivity contribution in [3.63, 3.8) is 0 Å². The quantitative estimate of drug-likeness (QED) is 0.665. The van der Waals surface area contributed by atoms with E-state index in [9.17, 15) is 9.18 Å². The summed E-state index contributed by atoms with van der Waals surface area (Å²) in [6, 6.07) is 11.0. The molecule has 1 aromatic heterocycles. The molecule has 1 heterocycles. The van der Waals surface area contributed by atoms with Gasteiger partial charge in [0.1, 0.15) is 23.2 Å². The summed E-state index contributed by atoms with van der Waals surface area (Å²) in [5.41, 5.74) is 7.37. The van der Waals surface area contributed by atoms with Gasteiger partial charge in [-0.15, -0.1) is 0 Å². The Morgan fingerprint density at radius 3 is 2.43 bits per heavy atom. The number of amides is 1. The number of nitrogens with zero attached hydrogens (tertiary/aromatic N) is 4. The molecule has 0 aliphatic rings. The summed E-state index contributed by atoms with van der Waals surface area (Å²) >= 11 is 0. The Hall–Kier alpha value is -4.50. The Kier molecular flexibility index (Phi) is 5.57. The second-order valence-corrected chi connectivity index (χ2v) is 6.36. The Morgan fingerprint density at radius 2 is 1.87 bits per heavy atom. The molecule has 0 spiro atoms. The maximum Gasteiger partial charge on any atom is 0.255 e. The molecule has 3 rings (SSSR count). The van der Waals surface area contributed by atoms with Gasteiger partial charge in [-0.3, -0.25) is 4.79 Å². The average molecular weight is 402 g/mol. The van der Waals surface area contributed by atoms with E-state index in [0.717, 1.165) is 6.07 Å². The lowest BCUT2D eigenvalue weighted by Crippen LogP contribution is -2.14. The molecule has 0 fully saturated rings. The summed E-state index contributed by atoms with van der Waals surface area (Å²) in [7, 11) is 0. The second kappa shape index (κ2) is 8.25. The summed E-state index contributed by atoms with van der Waals surface area (Å²) in [6.45, 7) is 3.51. The average Bonchev–Trinajstić information content (AvgIpc) is 2.70. The first-order valence-corrected chi connectivity index (χ1v) is 8.65. The van der Waals surface area contributed by atoms with Gasteiger partial charge in [0.2, 0.25) is 11.8 Å². The van der Waals surface area contributed by atoms with Crippen molar-refractivity contribution >= 4 is 17.5 Å². The zero-order valence-electron chi connectivity index (χ0n) is 16.0. The number of carbonyl (C=O) groups excluding carboxylic acids is 1. The summed E-state index contributed by atoms with van der Waals surface area (Å²) in [6.07, 6.45) is 1.20. The zero-order chi connectivity index (χ0) is 21.8. The number of ether oxygens (including phenoxy) is 1. The number of hydrogen-bond donors (Lipinski definition) is 2. The van der Waals surface area contributed by atoms with E-state index in [4.69, 9.17) is 21.0 Å². The number of nitrogens with one attached hydrogen (secondary N) is 1. The smallest absolute Gasteiger partial charge is 0.255 e. The standard InChI is InChI=1S/C21H15FN6O2/c1-11-5-13(8-23)6-12(2)18(11)30-20-16(19(25)29)10-26-21(28-20)27-15-4-3-14(9-24)17(22)7-15/h3-7,10H,1-2H3,(H2,25,29)(H,26,27,28). The van der Waals surface area contributed by atoms with Gasteiger partial charge in [0.15, 0.2) is 0 Å². The molecule has 0 unspecified atom stereocenters. The minimum absolute atomic E-state index is 0.0306. The molecule has 0 bridgehead atoms. The molecule has 0 saturated heterocycles. The third kappa shape index (κ3) is 4.16. The van der Waals surface area contributed by atoms with Crippen LogP contribution >= 0.6 is 0 Å². The van der Waals surface area contributed by atoms with Gasteiger partial charge in [0.25, 0.3) is 5.91 Å². The number of aromatic nitrogens is 2. The molecule has 8 nitrogen and oxygen atoms in total. The number of anilines is 2. The van der Waals surface area contributed by atoms with Crippen LogP contribution in [0.4, 0.5) is 16.0 Å². The number of benzene rings is 2. The van der Waals surface area contributed by atoms with Crippen LogP contribution in [0.1, 0.15) is 32.6 Å². The molecule has 30 heavy (non-hydrogen) atoms. The summed E-state index contributed by atoms with van der Waals surface area (Å²) in [5.74, 6) is -1.12. The highest BCUT2D eigenvalue weighted by Gasteiger charge is 2.17. The fourth-order valence-electron chi connectivity index (χ4n) is 2.76. The highest BCUT2D eigenvalue weighted by atomic mass is 19.1. The van der Waals surface area contributed by atoms with Crippen LogP contribution in [0.2, 0.25) is 0 Å². The van der Waals surface area contributed by atoms with Crippen LogP contribution in [0, 0.1) is 42.3 Å². The molecule has 0 saturated carbocycles. The van der Waals surface area contributed by atoms with E-state index in [1.54, 1.807) is 32.0 Å². The molecule has 0 aliphatic carbocycles. The van der Waals surface area contributed by atoms with Crippen LogP contribution < -0.4 is 15.8 Å².